The first kappa shape index (κ1) is 50.1. The maximum atomic E-state index is 16.9. The molecule has 5 heterocycles. The minimum absolute atomic E-state index is 0.0297. The van der Waals surface area contributed by atoms with Crippen LogP contribution in [0.4, 0.5) is 28.0 Å². The number of hydrogen-bond donors (Lipinski definition) is 7. The minimum atomic E-state index is -1.66. The van der Waals surface area contributed by atoms with Crippen molar-refractivity contribution in [3.05, 3.63) is 143 Å². The predicted octanol–water partition coefficient (Wildman–Crippen LogP) is 14.0. The number of fused-ring (bicyclic) bond motifs is 9. The molecule has 1 fully saturated rings. The van der Waals surface area contributed by atoms with E-state index < -0.39 is 40.6 Å². The van der Waals surface area contributed by atoms with Crippen LogP contribution < -0.4 is 10.6 Å². The molecule has 8 bridgehead atoms. The molecule has 0 unspecified atom stereocenters. The van der Waals surface area contributed by atoms with Crippen molar-refractivity contribution in [2.75, 3.05) is 36.5 Å². The number of H-pyrrole nitrogens is 2. The van der Waals surface area contributed by atoms with Crippen LogP contribution in [0.3, 0.4) is 0 Å². The van der Waals surface area contributed by atoms with E-state index in [1.54, 1.807) is 66.7 Å². The number of phenols is 3. The lowest BCUT2D eigenvalue weighted by Crippen LogP contribution is -2.27. The highest BCUT2D eigenvalue weighted by Gasteiger charge is 2.49. The number of nitrogens with one attached hydrogen (secondary N) is 4. The van der Waals surface area contributed by atoms with Gasteiger partial charge in [-0.2, -0.15) is 0 Å². The molecule has 7 aromatic rings. The Morgan fingerprint density at radius 2 is 1.00 bits per heavy atom. The lowest BCUT2D eigenvalue weighted by Gasteiger charge is -2.14. The third-order valence-corrected chi connectivity index (χ3v) is 16.4. The van der Waals surface area contributed by atoms with E-state index in [1.807, 2.05) is 18.2 Å². The summed E-state index contributed by atoms with van der Waals surface area (Å²) in [5.41, 5.74) is 3.62. The van der Waals surface area contributed by atoms with Crippen molar-refractivity contribution >= 4 is 79.7 Å². The maximum absolute atomic E-state index is 16.9. The number of hydrogen-bond acceptors (Lipinski definition) is 10. The van der Waals surface area contributed by atoms with Crippen LogP contribution in [0.2, 0.25) is 0 Å². The van der Waals surface area contributed by atoms with Gasteiger partial charge in [-0.3, -0.25) is 0 Å². The standard InChI is InChI=1S/C59H48F4N6O5S2/c60-54-53(55(61)57(63)58(56(54)62)64-24-26-75-76-27-25-65-59(73)74-31-40-38-14-3-1-2-4-15-39(38)40)52-47-22-20-45(68-47)50(33-9-6-12-36(71)29-33)43-18-16-41(66-43)49(32-8-5-11-35(70)28-32)42-17-19-44(67-42)51(46-21-23-48(52)69-46)34-10-7-13-37(72)30-34/h5-13,16-23,28-30,38-40,64,66,69-72H,3-4,14-15,24-27,31H2,(H,65,73)/t38-,39+,40-. The molecular formula is C59H48F4N6O5S2. The Kier molecular flexibility index (Phi) is 14.3. The Hall–Kier alpha value is -8.07. The van der Waals surface area contributed by atoms with Crippen LogP contribution in [0.5, 0.6) is 17.2 Å². The van der Waals surface area contributed by atoms with Crippen molar-refractivity contribution in [3.63, 3.8) is 0 Å². The average Bonchev–Trinajstić information content (AvgIpc) is 4.13. The fraction of sp³-hybridized carbons (Fsp3) is 0.203. The van der Waals surface area contributed by atoms with Crippen LogP contribution in [0, 0.1) is 52.9 Å². The zero-order chi connectivity index (χ0) is 52.5. The molecule has 4 aromatic carbocycles. The molecule has 384 valence electrons. The summed E-state index contributed by atoms with van der Waals surface area (Å²) in [6, 6.07) is 26.5. The predicted molar refractivity (Wildman–Crippen MR) is 295 cm³/mol. The molecule has 1 amide bonds. The molecule has 76 heavy (non-hydrogen) atoms. The summed E-state index contributed by atoms with van der Waals surface area (Å²) in [6.07, 6.45) is 10.1. The van der Waals surface area contributed by atoms with E-state index >= 15 is 17.6 Å². The summed E-state index contributed by atoms with van der Waals surface area (Å²) in [7, 11) is 2.76. The van der Waals surface area contributed by atoms with Gasteiger partial charge in [-0.05, 0) is 132 Å². The third-order valence-electron chi connectivity index (χ3n) is 13.9. The number of carbonyl (C=O) groups excluding carboxylic acids is 1. The number of aromatic amines is 2. The summed E-state index contributed by atoms with van der Waals surface area (Å²) >= 11 is 0. The van der Waals surface area contributed by atoms with E-state index in [1.165, 1.54) is 58.0 Å². The van der Waals surface area contributed by atoms with Gasteiger partial charge < -0.3 is 40.7 Å². The van der Waals surface area contributed by atoms with Crippen LogP contribution in [-0.4, -0.2) is 72.6 Å². The first-order valence-corrected chi connectivity index (χ1v) is 27.2. The van der Waals surface area contributed by atoms with E-state index in [-0.39, 0.29) is 46.3 Å². The second-order valence-corrected chi connectivity index (χ2v) is 21.4. The fourth-order valence-electron chi connectivity index (χ4n) is 10.4. The molecule has 7 N–H and O–H groups in total. The van der Waals surface area contributed by atoms with Gasteiger partial charge in [0.2, 0.25) is 0 Å². The van der Waals surface area contributed by atoms with Gasteiger partial charge in [0, 0.05) is 81.8 Å². The summed E-state index contributed by atoms with van der Waals surface area (Å²) in [5, 5.41) is 37.4. The molecule has 3 aromatic heterocycles. The van der Waals surface area contributed by atoms with Crippen molar-refractivity contribution in [1.82, 2.24) is 25.3 Å². The molecule has 17 heteroatoms. The maximum Gasteiger partial charge on any atom is 0.407 e. The smallest absolute Gasteiger partial charge is 0.407 e. The zero-order valence-corrected chi connectivity index (χ0v) is 42.2. The highest BCUT2D eigenvalue weighted by molar-refractivity contribution is 8.76. The van der Waals surface area contributed by atoms with E-state index in [0.717, 1.165) is 25.7 Å². The zero-order valence-electron chi connectivity index (χ0n) is 40.5. The Labute approximate surface area is 442 Å². The molecular weight excluding hydrogens is 1010 g/mol. The van der Waals surface area contributed by atoms with Crippen LogP contribution >= 0.6 is 21.6 Å². The van der Waals surface area contributed by atoms with Gasteiger partial charge in [-0.25, -0.2) is 32.3 Å². The van der Waals surface area contributed by atoms with Crippen LogP contribution in [0.1, 0.15) is 48.5 Å². The number of alkyl carbamates (subject to hydrolysis) is 1. The average molecular weight is 1060 g/mol. The summed E-state index contributed by atoms with van der Waals surface area (Å²) in [6.45, 7) is 0.670. The number of amides is 1. The molecule has 0 spiro atoms. The number of nitrogens with zero attached hydrogens (tertiary/aromatic N) is 2. The Bertz CT molecular complexity index is 3660. The first-order valence-electron chi connectivity index (χ1n) is 24.8. The molecule has 0 saturated heterocycles. The number of carbonyl (C=O) groups is 1. The van der Waals surface area contributed by atoms with Gasteiger partial charge in [-0.15, -0.1) is 11.8 Å². The lowest BCUT2D eigenvalue weighted by atomic mass is 10.0. The van der Waals surface area contributed by atoms with Gasteiger partial charge in [0.05, 0.1) is 34.9 Å². The number of benzene rings is 4. The van der Waals surface area contributed by atoms with Crippen molar-refractivity contribution in [2.24, 2.45) is 17.8 Å². The molecule has 1 saturated carbocycles. The summed E-state index contributed by atoms with van der Waals surface area (Å²) < 4.78 is 72.2. The molecule has 2 aliphatic carbocycles. The van der Waals surface area contributed by atoms with E-state index in [9.17, 15) is 20.1 Å². The molecule has 11 rings (SSSR count). The number of halogens is 4. The normalized spacial score (nSPS) is 16.3. The van der Waals surface area contributed by atoms with Crippen LogP contribution in [0.25, 0.3) is 90.9 Å². The van der Waals surface area contributed by atoms with Crippen molar-refractivity contribution in [1.29, 1.82) is 0 Å². The molecule has 4 aliphatic rings. The number of phenolic OH excluding ortho intramolecular Hbond substituents is 3. The number of ether oxygens (including phenoxy) is 1. The highest BCUT2D eigenvalue weighted by Crippen LogP contribution is 2.52. The number of anilines is 1. The van der Waals surface area contributed by atoms with Gasteiger partial charge in [0.1, 0.15) is 22.9 Å². The van der Waals surface area contributed by atoms with Gasteiger partial charge >= 0.3 is 6.09 Å². The van der Waals surface area contributed by atoms with Crippen LogP contribution in [-0.2, 0) is 4.74 Å². The van der Waals surface area contributed by atoms with Gasteiger partial charge in [0.25, 0.3) is 0 Å². The summed E-state index contributed by atoms with van der Waals surface area (Å²) in [4.78, 5) is 29.1. The Morgan fingerprint density at radius 1 is 0.579 bits per heavy atom. The van der Waals surface area contributed by atoms with E-state index in [2.05, 4.69) is 32.4 Å². The highest BCUT2D eigenvalue weighted by atomic mass is 33.1. The summed E-state index contributed by atoms with van der Waals surface area (Å²) in [5.74, 6) is 2.04. The molecule has 2 aliphatic heterocycles. The van der Waals surface area contributed by atoms with Crippen LogP contribution in [0.15, 0.2) is 97.1 Å². The second kappa shape index (κ2) is 21.6. The fourth-order valence-corrected chi connectivity index (χ4v) is 12.2. The molecule has 11 nitrogen and oxygen atoms in total. The third kappa shape index (κ3) is 10.2. The largest absolute Gasteiger partial charge is 0.508 e. The van der Waals surface area contributed by atoms with Crippen molar-refractivity contribution < 1.29 is 42.4 Å². The van der Waals surface area contributed by atoms with Crippen molar-refractivity contribution in [3.8, 4) is 73.6 Å². The topological polar surface area (TPSA) is 168 Å². The molecule has 3 atom stereocenters. The molecule has 0 radical (unpaired) electrons. The number of aromatic nitrogens is 4. The second-order valence-electron chi connectivity index (χ2n) is 18.7. The first-order chi connectivity index (χ1) is 37.0. The van der Waals surface area contributed by atoms with Gasteiger partial charge in [-0.1, -0.05) is 58.0 Å². The SMILES string of the molecule is O=C(NCCSSCCNc1c(F)c(F)c(-c2c3nc(c(-c4cccc(O)c4)c4ccc([nH]4)c(-c4cccc(O)c4)c4nc(c(-c5cccc(O)c5)c5ccc2[nH]5)C=C4)C=C3)c(F)c1F)OC[C@@H]1[C@@H]2CCC#CCC[C@@H]21. The Morgan fingerprint density at radius 3 is 1.45 bits per heavy atom. The quantitative estimate of drug-likeness (QED) is 0.0183. The number of rotatable bonds is 14. The monoisotopic (exact) mass is 1060 g/mol. The number of aromatic hydroxyl groups is 3. The van der Waals surface area contributed by atoms with Gasteiger partial charge in [0.15, 0.2) is 23.3 Å². The van der Waals surface area contributed by atoms with E-state index in [0.29, 0.717) is 104 Å². The van der Waals surface area contributed by atoms with Crippen molar-refractivity contribution in [2.45, 2.75) is 25.7 Å². The minimum Gasteiger partial charge on any atom is -0.508 e. The Balaban J connectivity index is 0.946. The lowest BCUT2D eigenvalue weighted by molar-refractivity contribution is 0.138. The van der Waals surface area contributed by atoms with E-state index in [4.69, 9.17) is 14.7 Å².